The van der Waals surface area contributed by atoms with E-state index in [1.807, 2.05) is 6.07 Å². The molecule has 1 aromatic carbocycles. The van der Waals surface area contributed by atoms with E-state index in [0.29, 0.717) is 12.3 Å². The van der Waals surface area contributed by atoms with E-state index in [9.17, 15) is 13.2 Å². The quantitative estimate of drug-likeness (QED) is 0.353. The Morgan fingerprint density at radius 3 is 2.62 bits per heavy atom. The van der Waals surface area contributed by atoms with Crippen molar-refractivity contribution in [3.63, 3.8) is 0 Å². The average Bonchev–Trinajstić information content (AvgIpc) is 2.60. The van der Waals surface area contributed by atoms with Crippen LogP contribution in [0.15, 0.2) is 30.5 Å². The summed E-state index contributed by atoms with van der Waals surface area (Å²) in [6.45, 7) is 2.49. The molecule has 0 N–H and O–H groups in total. The van der Waals surface area contributed by atoms with E-state index in [4.69, 9.17) is 4.74 Å². The molecule has 0 saturated carbocycles. The number of anilines is 2. The lowest BCUT2D eigenvalue weighted by molar-refractivity contribution is -0.137. The second kappa shape index (κ2) is 9.38. The van der Waals surface area contributed by atoms with Crippen LogP contribution in [0.5, 0.6) is 6.01 Å². The van der Waals surface area contributed by atoms with Gasteiger partial charge in [0, 0.05) is 22.5 Å². The standard InChI is InChI=1S/C18H21F3IN3O/c1-3-4-5-6-10-26-17-23-12-15(18(19,20)21)16(24-17)25(2)14-9-7-8-13(22)11-14/h7-9,11-12H,3-6,10H2,1-2H3. The minimum atomic E-state index is -4.55. The number of nitrogens with zero attached hydrogens (tertiary/aromatic N) is 3. The fraction of sp³-hybridized carbons (Fsp3) is 0.444. The van der Waals surface area contributed by atoms with Crippen molar-refractivity contribution >= 4 is 34.1 Å². The number of halogens is 4. The van der Waals surface area contributed by atoms with Gasteiger partial charge in [-0.3, -0.25) is 0 Å². The molecule has 1 aromatic heterocycles. The second-order valence-electron chi connectivity index (χ2n) is 5.84. The Balaban J connectivity index is 2.27. The molecule has 0 unspecified atom stereocenters. The van der Waals surface area contributed by atoms with Crippen LogP contribution in [0.4, 0.5) is 24.7 Å². The normalized spacial score (nSPS) is 11.5. The zero-order chi connectivity index (χ0) is 19.2. The zero-order valence-electron chi connectivity index (χ0n) is 14.7. The summed E-state index contributed by atoms with van der Waals surface area (Å²) in [4.78, 5) is 9.17. The second-order valence-corrected chi connectivity index (χ2v) is 7.08. The summed E-state index contributed by atoms with van der Waals surface area (Å²) in [6, 6.07) is 7.13. The van der Waals surface area contributed by atoms with Gasteiger partial charge in [0.25, 0.3) is 0 Å². The van der Waals surface area contributed by atoms with Crippen LogP contribution in [0.1, 0.15) is 38.2 Å². The summed E-state index contributed by atoms with van der Waals surface area (Å²) in [7, 11) is 1.55. The van der Waals surface area contributed by atoms with Gasteiger partial charge in [-0.1, -0.05) is 32.3 Å². The van der Waals surface area contributed by atoms with Crippen LogP contribution in [-0.2, 0) is 6.18 Å². The summed E-state index contributed by atoms with van der Waals surface area (Å²) < 4.78 is 46.5. The molecule has 0 aliphatic carbocycles. The molecule has 4 nitrogen and oxygen atoms in total. The first-order valence-corrected chi connectivity index (χ1v) is 9.47. The average molecular weight is 479 g/mol. The largest absolute Gasteiger partial charge is 0.463 e. The maximum atomic E-state index is 13.4. The fourth-order valence-corrected chi connectivity index (χ4v) is 2.91. The van der Waals surface area contributed by atoms with E-state index in [1.54, 1.807) is 25.2 Å². The molecule has 142 valence electrons. The Bertz CT molecular complexity index is 725. The first-order valence-electron chi connectivity index (χ1n) is 8.39. The molecule has 0 atom stereocenters. The Morgan fingerprint density at radius 2 is 1.96 bits per heavy atom. The topological polar surface area (TPSA) is 38.2 Å². The number of rotatable bonds is 8. The fourth-order valence-electron chi connectivity index (χ4n) is 2.38. The minimum absolute atomic E-state index is 0.0398. The maximum Gasteiger partial charge on any atom is 0.421 e. The van der Waals surface area contributed by atoms with Crippen molar-refractivity contribution in [1.82, 2.24) is 9.97 Å². The van der Waals surface area contributed by atoms with E-state index in [0.717, 1.165) is 35.5 Å². The SMILES string of the molecule is CCCCCCOc1ncc(C(F)(F)F)c(N(C)c2cccc(I)c2)n1. The predicted octanol–water partition coefficient (Wildman–Crippen LogP) is 5.83. The molecule has 2 aromatic rings. The molecule has 26 heavy (non-hydrogen) atoms. The van der Waals surface area contributed by atoms with Crippen molar-refractivity contribution in [2.45, 2.75) is 38.8 Å². The molecule has 0 fully saturated rings. The van der Waals surface area contributed by atoms with Gasteiger partial charge in [0.1, 0.15) is 5.56 Å². The highest BCUT2D eigenvalue weighted by Crippen LogP contribution is 2.37. The van der Waals surface area contributed by atoms with Gasteiger partial charge in [-0.15, -0.1) is 0 Å². The summed E-state index contributed by atoms with van der Waals surface area (Å²) in [5.41, 5.74) is -0.285. The van der Waals surface area contributed by atoms with Crippen molar-refractivity contribution in [2.24, 2.45) is 0 Å². The lowest BCUT2D eigenvalue weighted by Gasteiger charge is -2.22. The minimum Gasteiger partial charge on any atom is -0.463 e. The summed E-state index contributed by atoms with van der Waals surface area (Å²) in [5.74, 6) is -0.224. The highest BCUT2D eigenvalue weighted by atomic mass is 127. The number of alkyl halides is 3. The summed E-state index contributed by atoms with van der Waals surface area (Å²) >= 11 is 2.11. The third-order valence-electron chi connectivity index (χ3n) is 3.79. The summed E-state index contributed by atoms with van der Waals surface area (Å²) in [5, 5.41) is 0. The van der Waals surface area contributed by atoms with Gasteiger partial charge < -0.3 is 9.64 Å². The van der Waals surface area contributed by atoms with E-state index in [-0.39, 0.29) is 11.8 Å². The Kier molecular flexibility index (Phi) is 7.48. The zero-order valence-corrected chi connectivity index (χ0v) is 16.8. The van der Waals surface area contributed by atoms with Crippen molar-refractivity contribution in [3.05, 3.63) is 39.6 Å². The van der Waals surface area contributed by atoms with E-state index in [2.05, 4.69) is 39.5 Å². The van der Waals surface area contributed by atoms with Gasteiger partial charge in [-0.25, -0.2) is 4.98 Å². The number of hydrogen-bond donors (Lipinski definition) is 0. The molecule has 2 rings (SSSR count). The smallest absolute Gasteiger partial charge is 0.421 e. The molecule has 8 heteroatoms. The molecule has 0 spiro atoms. The monoisotopic (exact) mass is 479 g/mol. The Morgan fingerprint density at radius 1 is 1.19 bits per heavy atom. The Labute approximate surface area is 164 Å². The van der Waals surface area contributed by atoms with Crippen molar-refractivity contribution in [1.29, 1.82) is 0 Å². The van der Waals surface area contributed by atoms with Crippen molar-refractivity contribution < 1.29 is 17.9 Å². The first kappa shape index (κ1) is 20.7. The van der Waals surface area contributed by atoms with Gasteiger partial charge in [-0.05, 0) is 47.2 Å². The lowest BCUT2D eigenvalue weighted by atomic mass is 10.2. The van der Waals surface area contributed by atoms with Gasteiger partial charge in [0.15, 0.2) is 5.82 Å². The molecule has 0 amide bonds. The van der Waals surface area contributed by atoms with Crippen LogP contribution < -0.4 is 9.64 Å². The van der Waals surface area contributed by atoms with Gasteiger partial charge >= 0.3 is 12.2 Å². The van der Waals surface area contributed by atoms with Crippen LogP contribution in [0, 0.1) is 3.57 Å². The number of hydrogen-bond acceptors (Lipinski definition) is 4. The molecule has 0 radical (unpaired) electrons. The number of benzene rings is 1. The van der Waals surface area contributed by atoms with Gasteiger partial charge in [-0.2, -0.15) is 18.2 Å². The molecular weight excluding hydrogens is 458 g/mol. The molecule has 0 aliphatic rings. The molecular formula is C18H21F3IN3O. The van der Waals surface area contributed by atoms with E-state index in [1.165, 1.54) is 4.90 Å². The molecule has 1 heterocycles. The van der Waals surface area contributed by atoms with Gasteiger partial charge in [0.2, 0.25) is 0 Å². The van der Waals surface area contributed by atoms with Crippen LogP contribution in [-0.4, -0.2) is 23.6 Å². The van der Waals surface area contributed by atoms with Gasteiger partial charge in [0.05, 0.1) is 6.61 Å². The number of aromatic nitrogens is 2. The highest BCUT2D eigenvalue weighted by Gasteiger charge is 2.36. The Hall–Kier alpha value is -1.58. The van der Waals surface area contributed by atoms with Crippen molar-refractivity contribution in [3.8, 4) is 6.01 Å². The number of ether oxygens (including phenoxy) is 1. The molecule has 0 aliphatic heterocycles. The first-order chi connectivity index (χ1) is 12.3. The predicted molar refractivity (Wildman–Crippen MR) is 104 cm³/mol. The highest BCUT2D eigenvalue weighted by molar-refractivity contribution is 14.1. The third-order valence-corrected chi connectivity index (χ3v) is 4.47. The van der Waals surface area contributed by atoms with E-state index < -0.39 is 11.7 Å². The van der Waals surface area contributed by atoms with Crippen LogP contribution >= 0.6 is 22.6 Å². The van der Waals surface area contributed by atoms with E-state index >= 15 is 0 Å². The molecule has 0 saturated heterocycles. The van der Waals surface area contributed by atoms with Crippen LogP contribution in [0.2, 0.25) is 0 Å². The summed E-state index contributed by atoms with van der Waals surface area (Å²) in [6.07, 6.45) is 0.255. The van der Waals surface area contributed by atoms with Crippen LogP contribution in [0.25, 0.3) is 0 Å². The maximum absolute atomic E-state index is 13.4. The lowest BCUT2D eigenvalue weighted by Crippen LogP contribution is -2.19. The van der Waals surface area contributed by atoms with Crippen molar-refractivity contribution in [2.75, 3.05) is 18.6 Å². The number of unbranched alkanes of at least 4 members (excludes halogenated alkanes) is 3. The third kappa shape index (κ3) is 5.72. The molecule has 0 bridgehead atoms. The van der Waals surface area contributed by atoms with Crippen LogP contribution in [0.3, 0.4) is 0 Å².